The number of aliphatic hydroxyl groups is 2. The van der Waals surface area contributed by atoms with Gasteiger partial charge in [0.25, 0.3) is 11.8 Å². The van der Waals surface area contributed by atoms with Crippen LogP contribution in [0.5, 0.6) is 5.75 Å². The van der Waals surface area contributed by atoms with Gasteiger partial charge in [0, 0.05) is 44.9 Å². The minimum absolute atomic E-state index is 0.0108. The summed E-state index contributed by atoms with van der Waals surface area (Å²) in [5, 5.41) is 32.7. The van der Waals surface area contributed by atoms with Gasteiger partial charge in [-0.05, 0) is 36.3 Å². The average molecular weight is 512 g/mol. The number of primary amides is 1. The van der Waals surface area contributed by atoms with Gasteiger partial charge >= 0.3 is 0 Å². The molecule has 2 amide bonds. The number of ether oxygens (including phenoxy) is 1. The third-order valence-electron chi connectivity index (χ3n) is 7.87. The quantitative estimate of drug-likeness (QED) is 0.432. The molecule has 0 aromatic heterocycles. The van der Waals surface area contributed by atoms with E-state index >= 15 is 0 Å². The van der Waals surface area contributed by atoms with Crippen LogP contribution in [-0.2, 0) is 20.7 Å². The van der Waals surface area contributed by atoms with Crippen molar-refractivity contribution in [2.75, 3.05) is 45.3 Å². The summed E-state index contributed by atoms with van der Waals surface area (Å²) in [5.74, 6) is -6.53. The van der Waals surface area contributed by atoms with Crippen LogP contribution in [0.15, 0.2) is 28.7 Å². The van der Waals surface area contributed by atoms with E-state index in [9.17, 15) is 34.5 Å². The van der Waals surface area contributed by atoms with Crippen molar-refractivity contribution in [1.82, 2.24) is 4.90 Å². The molecule has 4 aliphatic rings. The maximum Gasteiger partial charge on any atom is 0.257 e. The second kappa shape index (κ2) is 8.91. The van der Waals surface area contributed by atoms with Crippen LogP contribution >= 0.6 is 0 Å². The Morgan fingerprint density at radius 1 is 1.11 bits per heavy atom. The Hall–Kier alpha value is -3.86. The Morgan fingerprint density at radius 2 is 1.78 bits per heavy atom. The molecule has 5 N–H and O–H groups in total. The van der Waals surface area contributed by atoms with E-state index < -0.39 is 64.0 Å². The summed E-state index contributed by atoms with van der Waals surface area (Å²) in [4.78, 5) is 55.3. The predicted octanol–water partition coefficient (Wildman–Crippen LogP) is 1.00. The molecule has 1 aliphatic heterocycles. The fourth-order valence-corrected chi connectivity index (χ4v) is 6.19. The Labute approximate surface area is 212 Å². The first-order chi connectivity index (χ1) is 17.5. The number of morpholine rings is 1. The number of nitrogens with two attached hydrogens (primary N) is 1. The predicted molar refractivity (Wildman–Crippen MR) is 130 cm³/mol. The lowest BCUT2D eigenvalue weighted by molar-refractivity contribution is -0.126. The van der Waals surface area contributed by atoms with Gasteiger partial charge in [-0.15, -0.1) is 0 Å². The monoisotopic (exact) mass is 511 g/mol. The maximum absolute atomic E-state index is 13.9. The molecule has 1 heterocycles. The molecule has 37 heavy (non-hydrogen) atoms. The molecule has 11 heteroatoms. The molecule has 0 bridgehead atoms. The van der Waals surface area contributed by atoms with Crippen LogP contribution in [0.2, 0.25) is 0 Å². The largest absolute Gasteiger partial charge is 0.511 e. The van der Waals surface area contributed by atoms with Gasteiger partial charge in [-0.25, -0.2) is 0 Å². The highest BCUT2D eigenvalue weighted by molar-refractivity contribution is 6.22. The molecule has 11 nitrogen and oxygen atoms in total. The number of carbonyl (C=O) groups is 4. The third-order valence-corrected chi connectivity index (χ3v) is 7.87. The van der Waals surface area contributed by atoms with E-state index in [0.29, 0.717) is 44.0 Å². The topological polar surface area (TPSA) is 171 Å². The number of hydrogen-bond donors (Lipinski definition) is 4. The number of ketones is 2. The fraction of sp³-hybridized carbons (Fsp3) is 0.462. The van der Waals surface area contributed by atoms with Gasteiger partial charge in [0.1, 0.15) is 22.8 Å². The number of amides is 2. The van der Waals surface area contributed by atoms with Crippen LogP contribution in [0, 0.1) is 17.8 Å². The summed E-state index contributed by atoms with van der Waals surface area (Å²) in [7, 11) is 3.54. The van der Waals surface area contributed by atoms with Gasteiger partial charge in [0.15, 0.2) is 11.6 Å². The summed E-state index contributed by atoms with van der Waals surface area (Å²) in [6.07, 6.45) is 0.555. The van der Waals surface area contributed by atoms with E-state index in [0.717, 1.165) is 0 Å². The van der Waals surface area contributed by atoms with Crippen molar-refractivity contribution in [2.45, 2.75) is 19.3 Å². The molecule has 3 atom stereocenters. The highest BCUT2D eigenvalue weighted by Crippen LogP contribution is 2.51. The molecule has 3 unspecified atom stereocenters. The first kappa shape index (κ1) is 24.8. The van der Waals surface area contributed by atoms with E-state index in [4.69, 9.17) is 10.5 Å². The first-order valence-electron chi connectivity index (χ1n) is 12.2. The van der Waals surface area contributed by atoms with Crippen LogP contribution in [0.3, 0.4) is 0 Å². The second-order valence-corrected chi connectivity index (χ2v) is 10.2. The molecule has 0 spiro atoms. The maximum atomic E-state index is 13.9. The number of anilines is 1. The number of fused-ring (bicyclic) bond motifs is 3. The standard InChI is InChI=1S/C26H29N3O8/c1-28(2)15-10-14(26(36)29-3-5-37-6-4-29)21(31)19-13(15)8-11-7-12-9-16(30)20(25(27)35)24(34)18(12)22(32)17(11)23(19)33/h10-12,18,30-32H,3-9H2,1-2H3,(H2,27,35). The molecule has 3 aliphatic carbocycles. The Kier molecular flexibility index (Phi) is 5.98. The van der Waals surface area contributed by atoms with Gasteiger partial charge in [0.05, 0.1) is 30.3 Å². The number of nitrogens with zero attached hydrogens (tertiary/aromatic N) is 2. The molecule has 1 aromatic rings. The summed E-state index contributed by atoms with van der Waals surface area (Å²) in [5.41, 5.74) is 5.75. The van der Waals surface area contributed by atoms with Gasteiger partial charge < -0.3 is 35.6 Å². The van der Waals surface area contributed by atoms with E-state index in [1.165, 1.54) is 0 Å². The summed E-state index contributed by atoms with van der Waals surface area (Å²) in [6, 6.07) is 1.58. The van der Waals surface area contributed by atoms with E-state index in [1.54, 1.807) is 30.0 Å². The van der Waals surface area contributed by atoms with E-state index in [-0.39, 0.29) is 29.5 Å². The molecular weight excluding hydrogens is 482 g/mol. The number of Topliss-reactive ketones (excluding diaryl/α,β-unsaturated/α-hetero) is 2. The van der Waals surface area contributed by atoms with Crippen molar-refractivity contribution in [2.24, 2.45) is 23.5 Å². The van der Waals surface area contributed by atoms with Gasteiger partial charge in [-0.3, -0.25) is 19.2 Å². The number of allylic oxidation sites excluding steroid dienone is 3. The lowest BCUT2D eigenvalue weighted by Crippen LogP contribution is -2.44. The fourth-order valence-electron chi connectivity index (χ4n) is 6.19. The molecule has 1 fully saturated rings. The number of aliphatic hydroxyl groups excluding tert-OH is 2. The highest BCUT2D eigenvalue weighted by atomic mass is 16.5. The minimum Gasteiger partial charge on any atom is -0.511 e. The molecule has 1 saturated heterocycles. The van der Waals surface area contributed by atoms with Crippen LogP contribution in [0.1, 0.15) is 39.1 Å². The summed E-state index contributed by atoms with van der Waals surface area (Å²) in [6.45, 7) is 1.44. The number of phenols is 1. The average Bonchev–Trinajstić information content (AvgIpc) is 2.83. The number of phenolic OH excluding ortho intramolecular Hbond substituents is 1. The third kappa shape index (κ3) is 3.76. The molecule has 1 aromatic carbocycles. The SMILES string of the molecule is CN(C)c1cc(C(=O)N2CCOCC2)c(O)c2c1CC1CC3CC(O)=C(C(N)=O)C(=O)C3C(O)=C1C2=O. The lowest BCUT2D eigenvalue weighted by atomic mass is 9.62. The minimum atomic E-state index is -1.19. The molecule has 196 valence electrons. The molecular formula is C26H29N3O8. The Morgan fingerprint density at radius 3 is 2.41 bits per heavy atom. The molecule has 0 radical (unpaired) electrons. The van der Waals surface area contributed by atoms with Gasteiger partial charge in [-0.1, -0.05) is 0 Å². The zero-order valence-corrected chi connectivity index (χ0v) is 20.6. The van der Waals surface area contributed by atoms with Crippen molar-refractivity contribution in [3.63, 3.8) is 0 Å². The smallest absolute Gasteiger partial charge is 0.257 e. The molecule has 0 saturated carbocycles. The van der Waals surface area contributed by atoms with E-state index in [2.05, 4.69) is 0 Å². The Bertz CT molecular complexity index is 1310. The van der Waals surface area contributed by atoms with Crippen molar-refractivity contribution in [3.8, 4) is 5.75 Å². The van der Waals surface area contributed by atoms with Crippen LogP contribution in [0.25, 0.3) is 0 Å². The summed E-state index contributed by atoms with van der Waals surface area (Å²) >= 11 is 0. The van der Waals surface area contributed by atoms with Crippen LogP contribution < -0.4 is 10.6 Å². The van der Waals surface area contributed by atoms with E-state index in [1.807, 2.05) is 0 Å². The van der Waals surface area contributed by atoms with Gasteiger partial charge in [-0.2, -0.15) is 0 Å². The number of carbonyl (C=O) groups excluding carboxylic acids is 4. The van der Waals surface area contributed by atoms with Crippen molar-refractivity contribution >= 4 is 29.1 Å². The number of aromatic hydroxyl groups is 1. The summed E-state index contributed by atoms with van der Waals surface area (Å²) < 4.78 is 5.31. The number of benzene rings is 1. The second-order valence-electron chi connectivity index (χ2n) is 10.2. The highest BCUT2D eigenvalue weighted by Gasteiger charge is 2.50. The number of hydrogen-bond acceptors (Lipinski definition) is 9. The zero-order chi connectivity index (χ0) is 26.8. The normalized spacial score (nSPS) is 25.5. The van der Waals surface area contributed by atoms with Crippen molar-refractivity contribution in [3.05, 3.63) is 45.4 Å². The van der Waals surface area contributed by atoms with Crippen molar-refractivity contribution < 1.29 is 39.2 Å². The van der Waals surface area contributed by atoms with Crippen LogP contribution in [0.4, 0.5) is 5.69 Å². The van der Waals surface area contributed by atoms with Crippen LogP contribution in [-0.4, -0.2) is 84.0 Å². The Balaban J connectivity index is 1.63. The number of rotatable bonds is 3. The zero-order valence-electron chi connectivity index (χ0n) is 20.6. The molecule has 5 rings (SSSR count). The van der Waals surface area contributed by atoms with Crippen molar-refractivity contribution in [1.29, 1.82) is 0 Å². The first-order valence-corrected chi connectivity index (χ1v) is 12.2. The lowest BCUT2D eigenvalue weighted by Gasteiger charge is -2.41. The van der Waals surface area contributed by atoms with Gasteiger partial charge in [0.2, 0.25) is 0 Å².